The molecule has 0 aliphatic carbocycles. The first kappa shape index (κ1) is 15.0. The smallest absolute Gasteiger partial charge is 0.223 e. The van der Waals surface area contributed by atoms with Gasteiger partial charge in [-0.1, -0.05) is 0 Å². The number of hydrogen-bond donors (Lipinski definition) is 2. The predicted molar refractivity (Wildman–Crippen MR) is 74.2 cm³/mol. The largest absolute Gasteiger partial charge is 0.350 e. The molecule has 0 unspecified atom stereocenters. The highest BCUT2D eigenvalue weighted by molar-refractivity contribution is 7.89. The van der Waals surface area contributed by atoms with Gasteiger partial charge in [-0.05, 0) is 25.8 Å². The Kier molecular flexibility index (Phi) is 4.77. The maximum atomic E-state index is 12.0. The molecule has 7 nitrogen and oxygen atoms in total. The van der Waals surface area contributed by atoms with Gasteiger partial charge in [0, 0.05) is 25.2 Å². The Bertz CT molecular complexity index is 533. The van der Waals surface area contributed by atoms with Crippen molar-refractivity contribution in [2.24, 2.45) is 5.92 Å². The minimum atomic E-state index is -3.13. The lowest BCUT2D eigenvalue weighted by Crippen LogP contribution is -2.43. The molecule has 0 saturated carbocycles. The number of nitrogens with zero attached hydrogens (tertiary/aromatic N) is 2. The molecule has 0 radical (unpaired) electrons. The lowest BCUT2D eigenvalue weighted by atomic mass is 9.97. The number of sulfonamides is 1. The summed E-state index contributed by atoms with van der Waals surface area (Å²) < 4.78 is 24.9. The lowest BCUT2D eigenvalue weighted by Gasteiger charge is -2.30. The third-order valence-electron chi connectivity index (χ3n) is 3.59. The van der Waals surface area contributed by atoms with Gasteiger partial charge in [0.15, 0.2) is 0 Å². The standard InChI is InChI=1S/C12H20N4O3S/c1-2-20(18,19)16-7-4-10(5-8-16)12(17)13-9-11-3-6-14-15-11/h3,6,10H,2,4-5,7-9H2,1H3,(H,13,17)(H,14,15). The number of amides is 1. The van der Waals surface area contributed by atoms with E-state index in [1.807, 2.05) is 0 Å². The zero-order valence-corrected chi connectivity index (χ0v) is 12.3. The van der Waals surface area contributed by atoms with Gasteiger partial charge in [-0.3, -0.25) is 9.89 Å². The molecule has 0 spiro atoms. The molecule has 112 valence electrons. The van der Waals surface area contributed by atoms with Crippen LogP contribution in [0.5, 0.6) is 0 Å². The summed E-state index contributed by atoms with van der Waals surface area (Å²) in [6.45, 7) is 2.92. The van der Waals surface area contributed by atoms with Crippen molar-refractivity contribution < 1.29 is 13.2 Å². The Labute approximate surface area is 118 Å². The number of piperidine rings is 1. The van der Waals surface area contributed by atoms with Crippen molar-refractivity contribution in [3.05, 3.63) is 18.0 Å². The van der Waals surface area contributed by atoms with E-state index < -0.39 is 10.0 Å². The molecule has 2 heterocycles. The summed E-state index contributed by atoms with van der Waals surface area (Å²) in [7, 11) is -3.13. The third kappa shape index (κ3) is 3.57. The fourth-order valence-electron chi connectivity index (χ4n) is 2.29. The van der Waals surface area contributed by atoms with E-state index in [4.69, 9.17) is 0 Å². The fraction of sp³-hybridized carbons (Fsp3) is 0.667. The molecule has 1 aromatic rings. The van der Waals surface area contributed by atoms with Gasteiger partial charge in [0.1, 0.15) is 0 Å². The summed E-state index contributed by atoms with van der Waals surface area (Å²) in [5.41, 5.74) is 0.851. The van der Waals surface area contributed by atoms with E-state index in [0.29, 0.717) is 32.5 Å². The average Bonchev–Trinajstić information content (AvgIpc) is 2.98. The van der Waals surface area contributed by atoms with Gasteiger partial charge in [-0.15, -0.1) is 0 Å². The van der Waals surface area contributed by atoms with Gasteiger partial charge in [-0.2, -0.15) is 5.10 Å². The van der Waals surface area contributed by atoms with Gasteiger partial charge in [0.2, 0.25) is 15.9 Å². The molecule has 8 heteroatoms. The fourth-order valence-corrected chi connectivity index (χ4v) is 3.42. The second kappa shape index (κ2) is 6.36. The first-order valence-corrected chi connectivity index (χ1v) is 8.37. The lowest BCUT2D eigenvalue weighted by molar-refractivity contribution is -0.126. The van der Waals surface area contributed by atoms with E-state index in [9.17, 15) is 13.2 Å². The second-order valence-electron chi connectivity index (χ2n) is 4.87. The number of hydrogen-bond acceptors (Lipinski definition) is 4. The molecule has 1 saturated heterocycles. The first-order valence-electron chi connectivity index (χ1n) is 6.76. The van der Waals surface area contributed by atoms with E-state index >= 15 is 0 Å². The van der Waals surface area contributed by atoms with Crippen molar-refractivity contribution in [1.82, 2.24) is 19.8 Å². The number of nitrogens with one attached hydrogen (secondary N) is 2. The minimum absolute atomic E-state index is 0.0202. The SMILES string of the molecule is CCS(=O)(=O)N1CCC(C(=O)NCc2ccn[nH]2)CC1. The number of carbonyl (C=O) groups excluding carboxylic acids is 1. The second-order valence-corrected chi connectivity index (χ2v) is 7.13. The van der Waals surface area contributed by atoms with Crippen LogP contribution in [0.3, 0.4) is 0 Å². The Morgan fingerprint density at radius 1 is 1.50 bits per heavy atom. The highest BCUT2D eigenvalue weighted by atomic mass is 32.2. The highest BCUT2D eigenvalue weighted by Gasteiger charge is 2.29. The van der Waals surface area contributed by atoms with Crippen LogP contribution in [-0.2, 0) is 21.4 Å². The van der Waals surface area contributed by atoms with E-state index in [1.165, 1.54) is 4.31 Å². The Balaban J connectivity index is 1.80. The summed E-state index contributed by atoms with van der Waals surface area (Å²) in [5, 5.41) is 9.43. The molecule has 0 atom stereocenters. The Morgan fingerprint density at radius 2 is 2.20 bits per heavy atom. The molecule has 2 N–H and O–H groups in total. The number of aromatic nitrogens is 2. The molecule has 1 fully saturated rings. The number of rotatable bonds is 5. The van der Waals surface area contributed by atoms with Gasteiger partial charge in [-0.25, -0.2) is 12.7 Å². The molecular weight excluding hydrogens is 280 g/mol. The highest BCUT2D eigenvalue weighted by Crippen LogP contribution is 2.20. The van der Waals surface area contributed by atoms with Crippen molar-refractivity contribution in [1.29, 1.82) is 0 Å². The van der Waals surface area contributed by atoms with Crippen molar-refractivity contribution >= 4 is 15.9 Å². The average molecular weight is 300 g/mol. The van der Waals surface area contributed by atoms with Gasteiger partial charge >= 0.3 is 0 Å². The van der Waals surface area contributed by atoms with Gasteiger partial charge < -0.3 is 5.32 Å². The molecule has 2 rings (SSSR count). The minimum Gasteiger partial charge on any atom is -0.350 e. The molecule has 0 bridgehead atoms. The Morgan fingerprint density at radius 3 is 2.75 bits per heavy atom. The summed E-state index contributed by atoms with van der Waals surface area (Å²) in [5.74, 6) is -0.0154. The maximum absolute atomic E-state index is 12.0. The first-order chi connectivity index (χ1) is 9.53. The van der Waals surface area contributed by atoms with E-state index in [0.717, 1.165) is 5.69 Å². The van der Waals surface area contributed by atoms with Crippen LogP contribution in [-0.4, -0.2) is 47.7 Å². The molecular formula is C12H20N4O3S. The molecule has 0 aromatic carbocycles. The van der Waals surface area contributed by atoms with Crippen LogP contribution in [0.2, 0.25) is 0 Å². The Hall–Kier alpha value is -1.41. The van der Waals surface area contributed by atoms with Gasteiger partial charge in [0.25, 0.3) is 0 Å². The monoisotopic (exact) mass is 300 g/mol. The van der Waals surface area contributed by atoms with Crippen molar-refractivity contribution in [2.45, 2.75) is 26.3 Å². The molecule has 20 heavy (non-hydrogen) atoms. The van der Waals surface area contributed by atoms with Crippen LogP contribution in [0.15, 0.2) is 12.3 Å². The third-order valence-corrected chi connectivity index (χ3v) is 5.48. The molecule has 1 amide bonds. The van der Waals surface area contributed by atoms with Crippen molar-refractivity contribution in [3.63, 3.8) is 0 Å². The molecule has 1 aromatic heterocycles. The van der Waals surface area contributed by atoms with Crippen molar-refractivity contribution in [2.75, 3.05) is 18.8 Å². The zero-order chi connectivity index (χ0) is 14.6. The maximum Gasteiger partial charge on any atom is 0.223 e. The van der Waals surface area contributed by atoms with Crippen LogP contribution in [0.4, 0.5) is 0 Å². The van der Waals surface area contributed by atoms with Crippen molar-refractivity contribution in [3.8, 4) is 0 Å². The molecule has 1 aliphatic heterocycles. The zero-order valence-electron chi connectivity index (χ0n) is 11.5. The summed E-state index contributed by atoms with van der Waals surface area (Å²) >= 11 is 0. The van der Waals surface area contributed by atoms with Crippen LogP contribution in [0.25, 0.3) is 0 Å². The normalized spacial score (nSPS) is 18.1. The topological polar surface area (TPSA) is 95.2 Å². The van der Waals surface area contributed by atoms with Gasteiger partial charge in [0.05, 0.1) is 18.0 Å². The molecule has 1 aliphatic rings. The van der Waals surface area contributed by atoms with Crippen LogP contribution < -0.4 is 5.32 Å². The van der Waals surface area contributed by atoms with E-state index in [2.05, 4.69) is 15.5 Å². The van der Waals surface area contributed by atoms with Crippen LogP contribution in [0, 0.1) is 5.92 Å². The van der Waals surface area contributed by atoms with Crippen LogP contribution in [0.1, 0.15) is 25.5 Å². The van der Waals surface area contributed by atoms with Crippen LogP contribution >= 0.6 is 0 Å². The number of H-pyrrole nitrogens is 1. The number of carbonyl (C=O) groups is 1. The summed E-state index contributed by atoms with van der Waals surface area (Å²) in [6, 6.07) is 1.80. The summed E-state index contributed by atoms with van der Waals surface area (Å²) in [6.07, 6.45) is 2.79. The quantitative estimate of drug-likeness (QED) is 0.805. The predicted octanol–water partition coefficient (Wildman–Crippen LogP) is 0.0876. The van der Waals surface area contributed by atoms with E-state index in [1.54, 1.807) is 19.2 Å². The number of aromatic amines is 1. The summed E-state index contributed by atoms with van der Waals surface area (Å²) in [4.78, 5) is 12.0. The van der Waals surface area contributed by atoms with E-state index in [-0.39, 0.29) is 17.6 Å².